The average Bonchev–Trinajstić information content (AvgIpc) is 3.41. The maximum absolute atomic E-state index is 14.3. The number of hydrogen-bond donors (Lipinski definition) is 1. The smallest absolute Gasteiger partial charge is 0.244 e. The van der Waals surface area contributed by atoms with Gasteiger partial charge in [0.25, 0.3) is 0 Å². The number of aromatic amines is 1. The van der Waals surface area contributed by atoms with Gasteiger partial charge < -0.3 is 9.88 Å². The van der Waals surface area contributed by atoms with Crippen LogP contribution in [0.25, 0.3) is 10.8 Å². The van der Waals surface area contributed by atoms with Gasteiger partial charge in [0.05, 0.1) is 23.5 Å². The summed E-state index contributed by atoms with van der Waals surface area (Å²) in [6.07, 6.45) is 5.20. The molecule has 0 aliphatic carbocycles. The van der Waals surface area contributed by atoms with Crippen molar-refractivity contribution in [3.05, 3.63) is 126 Å². The zero-order valence-corrected chi connectivity index (χ0v) is 21.9. The number of fused-ring (bicyclic) bond motifs is 2. The van der Waals surface area contributed by atoms with Gasteiger partial charge >= 0.3 is 0 Å². The van der Waals surface area contributed by atoms with E-state index >= 15 is 0 Å². The van der Waals surface area contributed by atoms with Crippen molar-refractivity contribution in [1.29, 1.82) is 0 Å². The second-order valence-electron chi connectivity index (χ2n) is 9.79. The van der Waals surface area contributed by atoms with Gasteiger partial charge in [0.2, 0.25) is 10.0 Å². The third kappa shape index (κ3) is 4.83. The van der Waals surface area contributed by atoms with Crippen LogP contribution in [0.1, 0.15) is 23.2 Å². The number of H-pyrrole nitrogens is 1. The monoisotopic (exact) mass is 522 g/mol. The van der Waals surface area contributed by atoms with E-state index in [0.29, 0.717) is 24.5 Å². The van der Waals surface area contributed by atoms with Crippen LogP contribution in [0.2, 0.25) is 0 Å². The summed E-state index contributed by atoms with van der Waals surface area (Å²) in [5, 5.41) is 1.67. The summed E-state index contributed by atoms with van der Waals surface area (Å²) >= 11 is 0. The zero-order chi connectivity index (χ0) is 26.0. The predicted molar refractivity (Wildman–Crippen MR) is 151 cm³/mol. The summed E-state index contributed by atoms with van der Waals surface area (Å²) in [5.74, 6) is 0. The topological polar surface area (TPSA) is 69.3 Å². The highest BCUT2D eigenvalue weighted by molar-refractivity contribution is 7.89. The molecule has 1 unspecified atom stereocenters. The van der Waals surface area contributed by atoms with E-state index in [1.807, 2.05) is 66.9 Å². The number of aromatic nitrogens is 2. The molecule has 192 valence electrons. The number of imidazole rings is 1. The Bertz CT molecular complexity index is 1630. The number of para-hydroxylation sites is 1. The fourth-order valence-electron chi connectivity index (χ4n) is 5.45. The first kappa shape index (κ1) is 24.4. The van der Waals surface area contributed by atoms with Crippen molar-refractivity contribution in [2.24, 2.45) is 0 Å². The molecule has 6 rings (SSSR count). The number of sulfonamides is 1. The molecule has 4 aromatic carbocycles. The van der Waals surface area contributed by atoms with Crippen LogP contribution in [0, 0.1) is 0 Å². The number of nitrogens with one attached hydrogen (secondary N) is 1. The van der Waals surface area contributed by atoms with Crippen molar-refractivity contribution >= 4 is 26.5 Å². The molecule has 0 saturated carbocycles. The highest BCUT2D eigenvalue weighted by atomic mass is 32.2. The molecule has 0 radical (unpaired) electrons. The number of aryl methyl sites for hydroxylation is 1. The lowest BCUT2D eigenvalue weighted by molar-refractivity contribution is 0.370. The van der Waals surface area contributed by atoms with Gasteiger partial charge in [0, 0.05) is 36.4 Å². The number of hydrogen-bond acceptors (Lipinski definition) is 4. The van der Waals surface area contributed by atoms with E-state index in [1.54, 1.807) is 16.7 Å². The van der Waals surface area contributed by atoms with Crippen molar-refractivity contribution in [2.45, 2.75) is 36.9 Å². The second kappa shape index (κ2) is 10.4. The quantitative estimate of drug-likeness (QED) is 0.294. The van der Waals surface area contributed by atoms with Crippen LogP contribution < -0.4 is 4.90 Å². The molecule has 0 bridgehead atoms. The molecule has 0 amide bonds. The Morgan fingerprint density at radius 1 is 0.868 bits per heavy atom. The molecule has 1 aromatic heterocycles. The standard InChI is InChI=1S/C31H30N4O2S/c36-38(37,31-16-8-13-25-11-4-6-14-29(25)31)34-20-26-12-5-7-15-30(26)35(21-27-19-32-23-33-27)28(22-34)18-17-24-9-2-1-3-10-24/h1-16,19,23,28H,17-18,20-22H2,(H,32,33). The number of anilines is 1. The maximum Gasteiger partial charge on any atom is 0.244 e. The molecule has 5 aromatic rings. The van der Waals surface area contributed by atoms with E-state index in [0.717, 1.165) is 40.6 Å². The van der Waals surface area contributed by atoms with Crippen LogP contribution in [0.15, 0.2) is 114 Å². The van der Waals surface area contributed by atoms with Crippen LogP contribution in [0.3, 0.4) is 0 Å². The normalized spacial score (nSPS) is 16.3. The fraction of sp³-hybridized carbons (Fsp3) is 0.194. The summed E-state index contributed by atoms with van der Waals surface area (Å²) in [6, 6.07) is 31.7. The Morgan fingerprint density at radius 3 is 2.47 bits per heavy atom. The highest BCUT2D eigenvalue weighted by Crippen LogP contribution is 2.34. The molecule has 1 aliphatic heterocycles. The van der Waals surface area contributed by atoms with Crippen LogP contribution in [-0.2, 0) is 29.5 Å². The van der Waals surface area contributed by atoms with Crippen LogP contribution in [0.5, 0.6) is 0 Å². The van der Waals surface area contributed by atoms with E-state index in [9.17, 15) is 8.42 Å². The molecular weight excluding hydrogens is 492 g/mol. The van der Waals surface area contributed by atoms with Gasteiger partial charge in [-0.2, -0.15) is 4.31 Å². The van der Waals surface area contributed by atoms with Gasteiger partial charge in [0.1, 0.15) is 0 Å². The molecule has 0 saturated heterocycles. The number of benzene rings is 4. The van der Waals surface area contributed by atoms with Gasteiger partial charge in [-0.05, 0) is 41.5 Å². The number of rotatable bonds is 7. The molecule has 2 heterocycles. The van der Waals surface area contributed by atoms with Gasteiger partial charge in [0.15, 0.2) is 0 Å². The lowest BCUT2D eigenvalue weighted by atomic mass is 10.0. The van der Waals surface area contributed by atoms with Crippen molar-refractivity contribution < 1.29 is 8.42 Å². The van der Waals surface area contributed by atoms with E-state index in [4.69, 9.17) is 0 Å². The Kier molecular flexibility index (Phi) is 6.70. The van der Waals surface area contributed by atoms with E-state index in [1.165, 1.54) is 5.56 Å². The predicted octanol–water partition coefficient (Wildman–Crippen LogP) is 5.78. The molecule has 1 atom stereocenters. The van der Waals surface area contributed by atoms with Crippen molar-refractivity contribution in [3.8, 4) is 0 Å². The Labute approximate surface area is 223 Å². The van der Waals surface area contributed by atoms with Gasteiger partial charge in [-0.3, -0.25) is 0 Å². The Hall–Kier alpha value is -3.94. The van der Waals surface area contributed by atoms with Crippen molar-refractivity contribution in [2.75, 3.05) is 11.4 Å². The van der Waals surface area contributed by atoms with Crippen molar-refractivity contribution in [3.63, 3.8) is 0 Å². The molecule has 0 fully saturated rings. The first-order valence-electron chi connectivity index (χ1n) is 12.9. The van der Waals surface area contributed by atoms with Crippen LogP contribution in [-0.4, -0.2) is 35.3 Å². The molecular formula is C31H30N4O2S. The maximum atomic E-state index is 14.3. The third-order valence-corrected chi connectivity index (χ3v) is 9.24. The molecule has 1 aliphatic rings. The summed E-state index contributed by atoms with van der Waals surface area (Å²) in [4.78, 5) is 10.2. The molecule has 6 nitrogen and oxygen atoms in total. The van der Waals surface area contributed by atoms with E-state index in [-0.39, 0.29) is 6.04 Å². The average molecular weight is 523 g/mol. The minimum Gasteiger partial charge on any atom is -0.361 e. The lowest BCUT2D eigenvalue weighted by Gasteiger charge is -2.34. The zero-order valence-electron chi connectivity index (χ0n) is 21.1. The first-order valence-corrected chi connectivity index (χ1v) is 14.4. The minimum atomic E-state index is -3.77. The van der Waals surface area contributed by atoms with E-state index < -0.39 is 10.0 Å². The van der Waals surface area contributed by atoms with Gasteiger partial charge in [-0.15, -0.1) is 0 Å². The first-order chi connectivity index (χ1) is 18.6. The van der Waals surface area contributed by atoms with Crippen molar-refractivity contribution in [1.82, 2.24) is 14.3 Å². The van der Waals surface area contributed by atoms with Gasteiger partial charge in [-0.1, -0.05) is 84.9 Å². The van der Waals surface area contributed by atoms with Crippen LogP contribution in [0.4, 0.5) is 5.69 Å². The molecule has 7 heteroatoms. The lowest BCUT2D eigenvalue weighted by Crippen LogP contribution is -2.43. The summed E-state index contributed by atoms with van der Waals surface area (Å²) in [6.45, 7) is 1.34. The van der Waals surface area contributed by atoms with E-state index in [2.05, 4.69) is 45.2 Å². The minimum absolute atomic E-state index is 0.0353. The van der Waals surface area contributed by atoms with Gasteiger partial charge in [-0.25, -0.2) is 13.4 Å². The third-order valence-electron chi connectivity index (χ3n) is 7.37. The number of nitrogens with zero attached hydrogens (tertiary/aromatic N) is 3. The molecule has 38 heavy (non-hydrogen) atoms. The summed E-state index contributed by atoms with van der Waals surface area (Å²) in [5.41, 5.74) is 4.30. The molecule has 0 spiro atoms. The molecule has 1 N–H and O–H groups in total. The summed E-state index contributed by atoms with van der Waals surface area (Å²) < 4.78 is 30.3. The fourth-order valence-corrected chi connectivity index (χ4v) is 7.12. The highest BCUT2D eigenvalue weighted by Gasteiger charge is 2.35. The van der Waals surface area contributed by atoms with Crippen LogP contribution >= 0.6 is 0 Å². The summed E-state index contributed by atoms with van der Waals surface area (Å²) in [7, 11) is -3.77. The largest absolute Gasteiger partial charge is 0.361 e. The Morgan fingerprint density at radius 2 is 1.63 bits per heavy atom. The Balaban J connectivity index is 1.42. The SMILES string of the molecule is O=S(=O)(c1cccc2ccccc12)N1Cc2ccccc2N(Cc2cnc[nH]2)C(CCc2ccccc2)C1. The second-order valence-corrected chi connectivity index (χ2v) is 11.7.